The summed E-state index contributed by atoms with van der Waals surface area (Å²) in [7, 11) is -4.83. The van der Waals surface area contributed by atoms with Crippen LogP contribution in [0.1, 0.15) is 30.5 Å². The molecule has 2 atom stereocenters. The predicted molar refractivity (Wildman–Crippen MR) is 287 cm³/mol. The number of ether oxygens (including phenoxy) is 2. The van der Waals surface area contributed by atoms with Crippen LogP contribution >= 0.6 is 0 Å². The molecule has 0 aliphatic carbocycles. The Kier molecular flexibility index (Phi) is 13.8. The lowest BCUT2D eigenvalue weighted by molar-refractivity contribution is 0.0985. The number of nitrogens with one attached hydrogen (secondary N) is 1. The van der Waals surface area contributed by atoms with Gasteiger partial charge in [0.15, 0.2) is 34.6 Å². The van der Waals surface area contributed by atoms with Crippen molar-refractivity contribution in [3.63, 3.8) is 0 Å². The number of pyridine rings is 2. The van der Waals surface area contributed by atoms with Gasteiger partial charge in [0.05, 0.1) is 56.3 Å². The Labute approximate surface area is 424 Å². The van der Waals surface area contributed by atoms with Gasteiger partial charge < -0.3 is 19.3 Å². The number of fused-ring (bicyclic) bond motifs is 2. The summed E-state index contributed by atoms with van der Waals surface area (Å²) in [4.78, 5) is 32.7. The minimum Gasteiger partial charge on any atom is -0.377 e. The molecule has 20 heteroatoms. The van der Waals surface area contributed by atoms with E-state index in [2.05, 4.69) is 125 Å². The van der Waals surface area contributed by atoms with Crippen LogP contribution in [0.2, 0.25) is 0 Å². The minimum absolute atomic E-state index is 0.111. The van der Waals surface area contributed by atoms with Gasteiger partial charge in [0.25, 0.3) is 0 Å². The zero-order valence-electron chi connectivity index (χ0n) is 41.4. The minimum atomic E-state index is -2.47. The van der Waals surface area contributed by atoms with E-state index >= 15 is 0 Å². The van der Waals surface area contributed by atoms with Crippen LogP contribution in [-0.4, -0.2) is 135 Å². The third-order valence-electron chi connectivity index (χ3n) is 12.5. The van der Waals surface area contributed by atoms with E-state index in [-0.39, 0.29) is 12.1 Å². The van der Waals surface area contributed by atoms with Gasteiger partial charge in [-0.1, -0.05) is 91.0 Å². The van der Waals surface area contributed by atoms with Gasteiger partial charge >= 0.3 is 0 Å². The zero-order chi connectivity index (χ0) is 50.7. The van der Waals surface area contributed by atoms with E-state index in [9.17, 15) is 8.42 Å². The Morgan fingerprint density at radius 3 is 1.53 bits per heavy atom. The number of H-pyrrole nitrogens is 1. The fourth-order valence-electron chi connectivity index (χ4n) is 9.38. The Hall–Kier alpha value is -7.52. The average Bonchev–Trinajstić information content (AvgIpc) is 4.06. The highest BCUT2D eigenvalue weighted by atomic mass is 32.2. The Morgan fingerprint density at radius 1 is 0.603 bits per heavy atom. The van der Waals surface area contributed by atoms with E-state index in [1.807, 2.05) is 47.3 Å². The summed E-state index contributed by atoms with van der Waals surface area (Å²) in [6.07, 6.45) is 13.4. The van der Waals surface area contributed by atoms with Gasteiger partial charge in [-0.25, -0.2) is 43.0 Å². The maximum absolute atomic E-state index is 12.8. The van der Waals surface area contributed by atoms with Crippen molar-refractivity contribution in [3.8, 4) is 22.8 Å². The summed E-state index contributed by atoms with van der Waals surface area (Å²) >= 11 is 0. The van der Waals surface area contributed by atoms with Crippen molar-refractivity contribution in [2.75, 3.05) is 74.3 Å². The molecule has 2 fully saturated rings. The standard InChI is InChI=1S/C36H35N7O2S.C17H21N7O2S/c1-26-25-45-22-21-42(26)33-23-32(41-46(2,3)44)39-34(40-33)30-19-20-37-35-31(30)24-38-43(35)36(27-13-7-4-8-14-27,28-15-9-5-10-16-28)29-17-11-6-12-18-29;1-11-10-26-7-6-24(11)15-8-14(23-27(2,3)25)20-17(21-15)12-4-5-18-16-13(12)9-19-22-16/h4-20,23-24,26H,21-22,25H2,1-3H3;4-5,8-9,11H,6-7,10H2,1-3H3,(H,18,19,22)/t26-;11-/m11/s1. The van der Waals surface area contributed by atoms with Crippen LogP contribution in [0.4, 0.5) is 23.3 Å². The monoisotopic (exact) mass is 1020 g/mol. The first-order valence-electron chi connectivity index (χ1n) is 23.8. The summed E-state index contributed by atoms with van der Waals surface area (Å²) in [5.41, 5.74) is 5.21. The maximum Gasteiger partial charge on any atom is 0.167 e. The highest BCUT2D eigenvalue weighted by molar-refractivity contribution is 7.92. The van der Waals surface area contributed by atoms with Crippen LogP contribution in [0.3, 0.4) is 0 Å². The Balaban J connectivity index is 0.000000192. The molecule has 2 aliphatic rings. The van der Waals surface area contributed by atoms with Gasteiger partial charge in [-0.15, -0.1) is 0 Å². The molecule has 0 saturated carbocycles. The molecule has 73 heavy (non-hydrogen) atoms. The average molecular weight is 1020 g/mol. The van der Waals surface area contributed by atoms with Gasteiger partial charge in [0, 0.05) is 98.6 Å². The molecule has 0 radical (unpaired) electrons. The molecule has 9 aromatic rings. The number of hydrogen-bond acceptors (Lipinski definition) is 16. The molecule has 2 saturated heterocycles. The number of anilines is 2. The van der Waals surface area contributed by atoms with Gasteiger partial charge in [0.2, 0.25) is 0 Å². The van der Waals surface area contributed by atoms with E-state index in [1.54, 1.807) is 49.7 Å². The zero-order valence-corrected chi connectivity index (χ0v) is 43.1. The molecule has 3 aromatic carbocycles. The van der Waals surface area contributed by atoms with Crippen molar-refractivity contribution in [1.82, 2.24) is 49.9 Å². The quantitative estimate of drug-likeness (QED) is 0.128. The van der Waals surface area contributed by atoms with Gasteiger partial charge in [0.1, 0.15) is 17.2 Å². The van der Waals surface area contributed by atoms with Gasteiger partial charge in [-0.3, -0.25) is 5.10 Å². The first kappa shape index (κ1) is 49.1. The van der Waals surface area contributed by atoms with Crippen LogP contribution in [0.5, 0.6) is 0 Å². The number of benzene rings is 3. The molecule has 0 amide bonds. The van der Waals surface area contributed by atoms with Crippen LogP contribution in [-0.2, 0) is 34.5 Å². The summed E-state index contributed by atoms with van der Waals surface area (Å²) in [5, 5.41) is 13.6. The second-order valence-electron chi connectivity index (χ2n) is 18.5. The van der Waals surface area contributed by atoms with E-state index in [1.165, 1.54) is 0 Å². The fourth-order valence-corrected chi connectivity index (χ4v) is 10.5. The van der Waals surface area contributed by atoms with Crippen molar-refractivity contribution in [2.24, 2.45) is 8.73 Å². The molecular weight excluding hydrogens is 961 g/mol. The van der Waals surface area contributed by atoms with E-state index in [4.69, 9.17) is 34.5 Å². The molecule has 2 aliphatic heterocycles. The summed E-state index contributed by atoms with van der Waals surface area (Å²) in [5.74, 6) is 3.20. The number of hydrogen-bond donors (Lipinski definition) is 1. The molecule has 11 rings (SSSR count). The normalized spacial score (nSPS) is 16.5. The third-order valence-corrected chi connectivity index (χ3v) is 13.8. The fraction of sp³-hybridized carbons (Fsp3) is 0.283. The smallest absolute Gasteiger partial charge is 0.167 e. The van der Waals surface area contributed by atoms with Crippen LogP contribution in [0.15, 0.2) is 149 Å². The number of nitrogens with zero attached hydrogens (tertiary/aromatic N) is 13. The number of morpholine rings is 2. The largest absolute Gasteiger partial charge is 0.377 e. The highest BCUT2D eigenvalue weighted by Gasteiger charge is 2.41. The first-order chi connectivity index (χ1) is 35.2. The van der Waals surface area contributed by atoms with Crippen molar-refractivity contribution in [2.45, 2.75) is 31.5 Å². The first-order valence-corrected chi connectivity index (χ1v) is 28.5. The molecule has 0 spiro atoms. The maximum atomic E-state index is 12.8. The van der Waals surface area contributed by atoms with E-state index in [0.29, 0.717) is 73.4 Å². The SMILES string of the molecule is C[C@@H]1COCCN1c1cc(N=S(C)(C)=O)nc(-c2ccnc3[nH]ncc23)n1.C[C@@H]1COCCN1c1cc(N=S(C)(C)=O)nc(-c2ccnc3c2cnn3C(c2ccccc2)(c2ccccc2)c2ccccc2)n1. The second kappa shape index (κ2) is 20.5. The molecule has 1 N–H and O–H groups in total. The van der Waals surface area contributed by atoms with Crippen LogP contribution in [0.25, 0.3) is 44.8 Å². The lowest BCUT2D eigenvalue weighted by Crippen LogP contribution is -2.44. The number of rotatable bonds is 10. The van der Waals surface area contributed by atoms with Crippen molar-refractivity contribution in [3.05, 3.63) is 157 Å². The molecule has 8 heterocycles. The van der Waals surface area contributed by atoms with Gasteiger partial charge in [-0.05, 0) is 42.7 Å². The Bertz CT molecular complexity index is 3560. The number of aromatic nitrogens is 10. The predicted octanol–water partition coefficient (Wildman–Crippen LogP) is 8.31. The summed E-state index contributed by atoms with van der Waals surface area (Å²) in [6.45, 7) is 8.05. The molecular formula is C53H56N14O4S2. The third kappa shape index (κ3) is 10.4. The van der Waals surface area contributed by atoms with Crippen molar-refractivity contribution >= 4 is 64.8 Å². The second-order valence-corrected chi connectivity index (χ2v) is 23.6. The summed E-state index contributed by atoms with van der Waals surface area (Å²) < 4.78 is 47.1. The Morgan fingerprint density at radius 2 is 1.07 bits per heavy atom. The topological polar surface area (TPSA) is 208 Å². The van der Waals surface area contributed by atoms with E-state index < -0.39 is 25.0 Å². The highest BCUT2D eigenvalue weighted by Crippen LogP contribution is 2.43. The summed E-state index contributed by atoms with van der Waals surface area (Å²) in [6, 6.07) is 38.8. The van der Waals surface area contributed by atoms with E-state index in [0.717, 1.165) is 51.0 Å². The molecule has 18 nitrogen and oxygen atoms in total. The lowest BCUT2D eigenvalue weighted by Gasteiger charge is -2.36. The molecule has 0 unspecified atom stereocenters. The molecule has 374 valence electrons. The van der Waals surface area contributed by atoms with Gasteiger partial charge in [-0.2, -0.15) is 18.9 Å². The van der Waals surface area contributed by atoms with Crippen LogP contribution in [0, 0.1) is 0 Å². The van der Waals surface area contributed by atoms with Crippen LogP contribution < -0.4 is 9.80 Å². The van der Waals surface area contributed by atoms with Crippen molar-refractivity contribution < 1.29 is 17.9 Å². The number of aromatic amines is 1. The molecule has 0 bridgehead atoms. The molecule has 6 aromatic heterocycles. The van der Waals surface area contributed by atoms with Crippen molar-refractivity contribution in [1.29, 1.82) is 0 Å². The lowest BCUT2D eigenvalue weighted by atomic mass is 9.77.